The molecule has 0 bridgehead atoms. The van der Waals surface area contributed by atoms with Crippen molar-refractivity contribution in [2.24, 2.45) is 0 Å². The van der Waals surface area contributed by atoms with Crippen LogP contribution in [0.3, 0.4) is 0 Å². The normalized spacial score (nSPS) is 10.7. The molecule has 120 valence electrons. The van der Waals surface area contributed by atoms with E-state index < -0.39 is 13.6 Å². The van der Waals surface area contributed by atoms with E-state index >= 15 is 0 Å². The van der Waals surface area contributed by atoms with Crippen molar-refractivity contribution in [3.05, 3.63) is 47.4 Å². The van der Waals surface area contributed by atoms with Crippen LogP contribution in [0.15, 0.2) is 36.9 Å². The first-order valence-electron chi connectivity index (χ1n) is 6.12. The number of fused-ring (bicyclic) bond motifs is 1. The van der Waals surface area contributed by atoms with Crippen LogP contribution in [0.5, 0.6) is 0 Å². The topological polar surface area (TPSA) is 83.8 Å². The van der Waals surface area contributed by atoms with E-state index in [9.17, 15) is 13.8 Å². The second-order valence-corrected chi connectivity index (χ2v) is 6.92. The van der Waals surface area contributed by atoms with Crippen LogP contribution in [0.1, 0.15) is 15.2 Å². The molecule has 0 aliphatic rings. The zero-order chi connectivity index (χ0) is 16.8. The van der Waals surface area contributed by atoms with Gasteiger partial charge in [0.1, 0.15) is 11.5 Å². The van der Waals surface area contributed by atoms with Crippen molar-refractivity contribution in [1.29, 1.82) is 0 Å². The number of carbonyl (C=O) groups excluding carboxylic acids is 1. The van der Waals surface area contributed by atoms with Crippen molar-refractivity contribution in [2.45, 2.75) is 6.16 Å². The van der Waals surface area contributed by atoms with Gasteiger partial charge in [-0.25, -0.2) is 4.79 Å². The predicted molar refractivity (Wildman–Crippen MR) is 85.1 cm³/mol. The lowest BCUT2D eigenvalue weighted by atomic mass is 10.2. The van der Waals surface area contributed by atoms with Gasteiger partial charge >= 0.3 is 13.6 Å². The number of hydrogen-bond acceptors (Lipinski definition) is 4. The Morgan fingerprint density at radius 1 is 1.41 bits per heavy atom. The summed E-state index contributed by atoms with van der Waals surface area (Å²) in [6.45, 7) is 3.62. The summed E-state index contributed by atoms with van der Waals surface area (Å²) in [7, 11) is -3.59. The fourth-order valence-electron chi connectivity index (χ4n) is 1.74. The van der Waals surface area contributed by atoms with Gasteiger partial charge < -0.3 is 14.5 Å². The van der Waals surface area contributed by atoms with E-state index in [1.54, 1.807) is 24.3 Å². The quantitative estimate of drug-likeness (QED) is 0.492. The Labute approximate surface area is 131 Å². The molecule has 0 unspecified atom stereocenters. The molecule has 5 nitrogen and oxygen atoms in total. The molecule has 2 N–H and O–H groups in total. The van der Waals surface area contributed by atoms with Gasteiger partial charge in [-0.3, -0.25) is 8.96 Å². The number of hydrogen-bond donors (Lipinski definition) is 2. The van der Waals surface area contributed by atoms with Gasteiger partial charge in [-0.05, 0) is 29.1 Å². The van der Waals surface area contributed by atoms with Gasteiger partial charge in [0.15, 0.2) is 0 Å². The molecule has 0 atom stereocenters. The Hall–Kier alpha value is -1.53. The van der Waals surface area contributed by atoms with Crippen molar-refractivity contribution in [1.82, 2.24) is 0 Å². The molecule has 0 aliphatic heterocycles. The summed E-state index contributed by atoms with van der Waals surface area (Å²) in [5.41, 5.74) is 0.537. The summed E-state index contributed by atoms with van der Waals surface area (Å²) in [6.07, 6.45) is 1.18. The highest BCUT2D eigenvalue weighted by Gasteiger charge is 2.16. The summed E-state index contributed by atoms with van der Waals surface area (Å²) in [6, 6.07) is 6.73. The molecule has 0 radical (unpaired) electrons. The van der Waals surface area contributed by atoms with E-state index in [4.69, 9.17) is 14.5 Å². The van der Waals surface area contributed by atoms with E-state index in [0.29, 0.717) is 17.6 Å². The minimum Gasteiger partial charge on any atom is -0.457 e. The average molecular weight is 346 g/mol. The van der Waals surface area contributed by atoms with Crippen molar-refractivity contribution >= 4 is 35.0 Å². The molecule has 2 aromatic rings. The molecule has 2 rings (SSSR count). The number of carbonyl (C=O) groups is 1. The second-order valence-electron chi connectivity index (χ2n) is 4.19. The highest BCUT2D eigenvalue weighted by atomic mass is 32.1. The van der Waals surface area contributed by atoms with E-state index in [-0.39, 0.29) is 12.8 Å². The second kappa shape index (κ2) is 8.19. The van der Waals surface area contributed by atoms with E-state index in [1.165, 1.54) is 17.4 Å². The van der Waals surface area contributed by atoms with Crippen molar-refractivity contribution in [2.75, 3.05) is 13.8 Å². The fraction of sp³-hybridized carbons (Fsp3) is 0.214. The smallest absolute Gasteiger partial charge is 0.348 e. The summed E-state index contributed by atoms with van der Waals surface area (Å²) >= 11 is 1.28. The fourth-order valence-corrected chi connectivity index (χ4v) is 3.34. The van der Waals surface area contributed by atoms with Gasteiger partial charge in [0.2, 0.25) is 0 Å². The third-order valence-electron chi connectivity index (χ3n) is 2.50. The van der Waals surface area contributed by atoms with Gasteiger partial charge in [0.05, 0.1) is 13.3 Å². The number of ether oxygens (including phenoxy) is 1. The van der Waals surface area contributed by atoms with Crippen LogP contribution >= 0.6 is 18.9 Å². The monoisotopic (exact) mass is 346 g/mol. The van der Waals surface area contributed by atoms with Crippen LogP contribution in [0, 0.1) is 0 Å². The molecule has 1 aromatic carbocycles. The number of halogens is 1. The number of esters is 1. The number of thiophene rings is 1. The van der Waals surface area contributed by atoms with Crippen LogP contribution < -0.4 is 0 Å². The zero-order valence-electron chi connectivity index (χ0n) is 11.9. The molecule has 8 heteroatoms. The molecule has 0 saturated heterocycles. The zero-order valence-corrected chi connectivity index (χ0v) is 13.6. The highest BCUT2D eigenvalue weighted by molar-refractivity contribution is 7.50. The third kappa shape index (κ3) is 5.35. The molecule has 0 amide bonds. The van der Waals surface area contributed by atoms with Crippen LogP contribution in [0.2, 0.25) is 0 Å². The molecular formula is C14H16FO5PS. The summed E-state index contributed by atoms with van der Waals surface area (Å²) < 4.78 is 26.3. The van der Waals surface area contributed by atoms with E-state index in [1.807, 2.05) is 0 Å². The summed E-state index contributed by atoms with van der Waals surface area (Å²) in [4.78, 5) is 30.1. The average Bonchev–Trinajstić information content (AvgIpc) is 2.88. The van der Waals surface area contributed by atoms with Gasteiger partial charge in [-0.2, -0.15) is 0 Å². The maximum Gasteiger partial charge on any atom is 0.348 e. The first kappa shape index (κ1) is 18.5. The van der Waals surface area contributed by atoms with Gasteiger partial charge in [0, 0.05) is 4.70 Å². The standard InChI is InChI=1S/C13H13O5PS.CH3F/c1-2-5-18-13(14)12-7-10-6-9(8-19(15,16)17)3-4-11(10)20-12;1-2/h2-4,6-7H,1,5,8H2,(H2,15,16,17);1H3. The Morgan fingerprint density at radius 2 is 2.09 bits per heavy atom. The molecule has 0 aliphatic carbocycles. The van der Waals surface area contributed by atoms with Crippen molar-refractivity contribution < 1.29 is 28.3 Å². The van der Waals surface area contributed by atoms with E-state index in [2.05, 4.69) is 6.58 Å². The molecule has 1 aromatic heterocycles. The molecule has 1 heterocycles. The van der Waals surface area contributed by atoms with Crippen molar-refractivity contribution in [3.63, 3.8) is 0 Å². The first-order chi connectivity index (χ1) is 10.4. The van der Waals surface area contributed by atoms with Crippen molar-refractivity contribution in [3.8, 4) is 0 Å². The number of benzene rings is 1. The van der Waals surface area contributed by atoms with Crippen LogP contribution in [0.4, 0.5) is 4.39 Å². The Balaban J connectivity index is 0.00000116. The molecule has 0 fully saturated rings. The summed E-state index contributed by atoms with van der Waals surface area (Å²) in [5.74, 6) is -0.428. The molecule has 0 saturated carbocycles. The van der Waals surface area contributed by atoms with E-state index in [0.717, 1.165) is 10.1 Å². The lowest BCUT2D eigenvalue weighted by Crippen LogP contribution is -2.02. The minimum atomic E-state index is -4.09. The largest absolute Gasteiger partial charge is 0.457 e. The number of rotatable bonds is 5. The maximum atomic E-state index is 11.7. The van der Waals surface area contributed by atoms with Gasteiger partial charge in [-0.1, -0.05) is 18.7 Å². The molecule has 22 heavy (non-hydrogen) atoms. The Morgan fingerprint density at radius 3 is 2.68 bits per heavy atom. The lowest BCUT2D eigenvalue weighted by Gasteiger charge is -2.03. The molecular weight excluding hydrogens is 330 g/mol. The van der Waals surface area contributed by atoms with Crippen LogP contribution in [0.25, 0.3) is 10.1 Å². The maximum absolute atomic E-state index is 11.7. The Bertz CT molecular complexity index is 706. The minimum absolute atomic E-state index is 0.149. The summed E-state index contributed by atoms with van der Waals surface area (Å²) in [5, 5.41) is 0.770. The van der Waals surface area contributed by atoms with Crippen LogP contribution in [-0.4, -0.2) is 29.5 Å². The van der Waals surface area contributed by atoms with Crippen LogP contribution in [-0.2, 0) is 15.5 Å². The SMILES string of the molecule is C=CCOC(=O)c1cc2cc(CP(=O)(O)O)ccc2s1.CF. The highest BCUT2D eigenvalue weighted by Crippen LogP contribution is 2.40. The molecule has 0 spiro atoms. The van der Waals surface area contributed by atoms with Gasteiger partial charge in [-0.15, -0.1) is 11.3 Å². The first-order valence-corrected chi connectivity index (χ1v) is 8.73. The van der Waals surface area contributed by atoms with Gasteiger partial charge in [0.25, 0.3) is 0 Å². The third-order valence-corrected chi connectivity index (χ3v) is 4.38. The number of alkyl halides is 1. The lowest BCUT2D eigenvalue weighted by molar-refractivity contribution is 0.0555. The predicted octanol–water partition coefficient (Wildman–Crippen LogP) is 3.51. The Kier molecular flexibility index (Phi) is 6.90.